The number of anilines is 2. The molecule has 0 saturated carbocycles. The lowest BCUT2D eigenvalue weighted by atomic mass is 10.1. The van der Waals surface area contributed by atoms with E-state index in [0.717, 1.165) is 5.69 Å². The summed E-state index contributed by atoms with van der Waals surface area (Å²) in [6, 6.07) is 9.67. The molecule has 6 nitrogen and oxygen atoms in total. The van der Waals surface area contributed by atoms with Crippen LogP contribution in [0, 0.1) is 0 Å². The first-order valence-electron chi connectivity index (χ1n) is 7.69. The number of nitrogens with one attached hydrogen (secondary N) is 2. The molecular weight excluding hydrogens is 326 g/mol. The van der Waals surface area contributed by atoms with Crippen molar-refractivity contribution >= 4 is 21.5 Å². The molecule has 24 heavy (non-hydrogen) atoms. The molecule has 0 aliphatic rings. The fraction of sp³-hybridized carbons (Fsp3) is 0.353. The molecule has 0 bridgehead atoms. The monoisotopic (exact) mass is 349 g/mol. The summed E-state index contributed by atoms with van der Waals surface area (Å²) >= 11 is 0. The zero-order valence-corrected chi connectivity index (χ0v) is 15.1. The molecule has 0 fully saturated rings. The summed E-state index contributed by atoms with van der Waals surface area (Å²) in [5.41, 5.74) is 0.733. The van der Waals surface area contributed by atoms with E-state index in [9.17, 15) is 8.42 Å². The molecule has 0 radical (unpaired) electrons. The molecule has 2 rings (SSSR count). The Hall–Kier alpha value is -2.28. The Labute approximate surface area is 143 Å². The summed E-state index contributed by atoms with van der Waals surface area (Å²) in [6.45, 7) is 8.51. The quantitative estimate of drug-likeness (QED) is 0.834. The van der Waals surface area contributed by atoms with E-state index >= 15 is 0 Å². The van der Waals surface area contributed by atoms with E-state index in [1.165, 1.54) is 12.1 Å². The van der Waals surface area contributed by atoms with Crippen LogP contribution in [0.25, 0.3) is 0 Å². The first kappa shape index (κ1) is 18.1. The molecular formula is C17H23N3O3S. The molecule has 7 heteroatoms. The largest absolute Gasteiger partial charge is 0.494 e. The van der Waals surface area contributed by atoms with Crippen molar-refractivity contribution < 1.29 is 13.2 Å². The maximum absolute atomic E-state index is 12.4. The van der Waals surface area contributed by atoms with Gasteiger partial charge in [0, 0.05) is 5.54 Å². The van der Waals surface area contributed by atoms with E-state index < -0.39 is 10.0 Å². The molecule has 1 aromatic heterocycles. The van der Waals surface area contributed by atoms with Gasteiger partial charge in [0.15, 0.2) is 0 Å². The van der Waals surface area contributed by atoms with Crippen molar-refractivity contribution in [3.8, 4) is 5.75 Å². The molecule has 0 unspecified atom stereocenters. The Kier molecular flexibility index (Phi) is 5.33. The highest BCUT2D eigenvalue weighted by atomic mass is 32.2. The van der Waals surface area contributed by atoms with E-state index in [2.05, 4.69) is 15.0 Å². The standard InChI is InChI=1S/C17H23N3O3S/c1-5-23-14-7-9-15(10-8-14)24(21,22)20-16-11-6-13(12-18-16)19-17(2,3)4/h6-12,19H,5H2,1-4H3,(H,18,20). The molecule has 0 amide bonds. The second-order valence-electron chi connectivity index (χ2n) is 6.32. The van der Waals surface area contributed by atoms with E-state index in [1.807, 2.05) is 27.7 Å². The van der Waals surface area contributed by atoms with Gasteiger partial charge in [-0.25, -0.2) is 13.4 Å². The van der Waals surface area contributed by atoms with Crippen LogP contribution >= 0.6 is 0 Å². The second-order valence-corrected chi connectivity index (χ2v) is 8.00. The number of ether oxygens (including phenoxy) is 1. The van der Waals surface area contributed by atoms with Gasteiger partial charge in [-0.3, -0.25) is 4.72 Å². The van der Waals surface area contributed by atoms with Gasteiger partial charge in [-0.05, 0) is 64.1 Å². The number of pyridine rings is 1. The first-order chi connectivity index (χ1) is 11.2. The van der Waals surface area contributed by atoms with Crippen molar-refractivity contribution in [3.05, 3.63) is 42.6 Å². The van der Waals surface area contributed by atoms with Crippen molar-refractivity contribution in [1.82, 2.24) is 4.98 Å². The Morgan fingerprint density at radius 1 is 1.08 bits per heavy atom. The minimum absolute atomic E-state index is 0.0923. The number of sulfonamides is 1. The fourth-order valence-corrected chi connectivity index (χ4v) is 3.05. The van der Waals surface area contributed by atoms with Crippen LogP contribution in [-0.4, -0.2) is 25.5 Å². The van der Waals surface area contributed by atoms with Crippen molar-refractivity contribution in [2.45, 2.75) is 38.1 Å². The normalized spacial score (nSPS) is 11.8. The van der Waals surface area contributed by atoms with E-state index in [1.54, 1.807) is 30.5 Å². The van der Waals surface area contributed by atoms with Gasteiger partial charge in [-0.1, -0.05) is 0 Å². The summed E-state index contributed by atoms with van der Waals surface area (Å²) in [5.74, 6) is 0.899. The topological polar surface area (TPSA) is 80.3 Å². The number of rotatable bonds is 6. The van der Waals surface area contributed by atoms with Crippen molar-refractivity contribution in [3.63, 3.8) is 0 Å². The Bertz CT molecular complexity index is 764. The maximum atomic E-state index is 12.4. The van der Waals surface area contributed by atoms with E-state index in [-0.39, 0.29) is 16.3 Å². The van der Waals surface area contributed by atoms with Crippen LogP contribution in [-0.2, 0) is 10.0 Å². The summed E-state index contributed by atoms with van der Waals surface area (Å²) < 4.78 is 32.5. The Morgan fingerprint density at radius 2 is 1.75 bits per heavy atom. The minimum atomic E-state index is -3.68. The Balaban J connectivity index is 2.11. The smallest absolute Gasteiger partial charge is 0.263 e. The highest BCUT2D eigenvalue weighted by Crippen LogP contribution is 2.20. The van der Waals surface area contributed by atoms with E-state index in [4.69, 9.17) is 4.74 Å². The average molecular weight is 349 g/mol. The highest BCUT2D eigenvalue weighted by Gasteiger charge is 2.15. The molecule has 0 aliphatic carbocycles. The van der Waals surface area contributed by atoms with Gasteiger partial charge in [0.05, 0.1) is 23.4 Å². The van der Waals surface area contributed by atoms with Gasteiger partial charge < -0.3 is 10.1 Å². The van der Waals surface area contributed by atoms with Gasteiger partial charge in [0.25, 0.3) is 10.0 Å². The average Bonchev–Trinajstić information content (AvgIpc) is 2.48. The van der Waals surface area contributed by atoms with Crippen LogP contribution in [0.15, 0.2) is 47.5 Å². The second kappa shape index (κ2) is 7.09. The predicted molar refractivity (Wildman–Crippen MR) is 96.0 cm³/mol. The van der Waals surface area contributed by atoms with Crippen LogP contribution in [0.3, 0.4) is 0 Å². The van der Waals surface area contributed by atoms with Crippen molar-refractivity contribution in [2.75, 3.05) is 16.6 Å². The lowest BCUT2D eigenvalue weighted by molar-refractivity contribution is 0.340. The number of nitrogens with zero attached hydrogens (tertiary/aromatic N) is 1. The summed E-state index contributed by atoms with van der Waals surface area (Å²) in [5, 5.41) is 3.27. The summed E-state index contributed by atoms with van der Waals surface area (Å²) in [4.78, 5) is 4.30. The molecule has 130 valence electrons. The van der Waals surface area contributed by atoms with Crippen LogP contribution in [0.1, 0.15) is 27.7 Å². The molecule has 0 spiro atoms. The zero-order valence-electron chi connectivity index (χ0n) is 14.3. The highest BCUT2D eigenvalue weighted by molar-refractivity contribution is 7.92. The first-order valence-corrected chi connectivity index (χ1v) is 9.18. The lowest BCUT2D eigenvalue weighted by Crippen LogP contribution is -2.26. The van der Waals surface area contributed by atoms with Gasteiger partial charge >= 0.3 is 0 Å². The van der Waals surface area contributed by atoms with E-state index in [0.29, 0.717) is 12.4 Å². The molecule has 0 saturated heterocycles. The number of hydrogen-bond acceptors (Lipinski definition) is 5. The van der Waals surface area contributed by atoms with Crippen molar-refractivity contribution in [2.24, 2.45) is 0 Å². The van der Waals surface area contributed by atoms with Crippen LogP contribution in [0.5, 0.6) is 5.75 Å². The summed E-state index contributed by atoms with van der Waals surface area (Å²) in [7, 11) is -3.68. The molecule has 0 atom stereocenters. The summed E-state index contributed by atoms with van der Waals surface area (Å²) in [6.07, 6.45) is 1.60. The van der Waals surface area contributed by atoms with Gasteiger partial charge in [-0.2, -0.15) is 0 Å². The molecule has 2 aromatic rings. The van der Waals surface area contributed by atoms with Gasteiger partial charge in [0.2, 0.25) is 0 Å². The lowest BCUT2D eigenvalue weighted by Gasteiger charge is -2.21. The van der Waals surface area contributed by atoms with Gasteiger partial charge in [0.1, 0.15) is 11.6 Å². The molecule has 1 aromatic carbocycles. The minimum Gasteiger partial charge on any atom is -0.494 e. The predicted octanol–water partition coefficient (Wildman–Crippen LogP) is 3.49. The third-order valence-corrected chi connectivity index (χ3v) is 4.34. The fourth-order valence-electron chi connectivity index (χ4n) is 2.04. The van der Waals surface area contributed by atoms with Crippen LogP contribution < -0.4 is 14.8 Å². The number of benzene rings is 1. The third kappa shape index (κ3) is 5.13. The van der Waals surface area contributed by atoms with Crippen LogP contribution in [0.2, 0.25) is 0 Å². The molecule has 1 heterocycles. The zero-order chi connectivity index (χ0) is 17.8. The number of aromatic nitrogens is 1. The maximum Gasteiger partial charge on any atom is 0.263 e. The van der Waals surface area contributed by atoms with Crippen LogP contribution in [0.4, 0.5) is 11.5 Å². The Morgan fingerprint density at radius 3 is 2.25 bits per heavy atom. The third-order valence-electron chi connectivity index (χ3n) is 2.97. The SMILES string of the molecule is CCOc1ccc(S(=O)(=O)Nc2ccc(NC(C)(C)C)cn2)cc1. The van der Waals surface area contributed by atoms with Crippen molar-refractivity contribution in [1.29, 1.82) is 0 Å². The molecule has 0 aliphatic heterocycles. The molecule has 2 N–H and O–H groups in total. The van der Waals surface area contributed by atoms with Gasteiger partial charge in [-0.15, -0.1) is 0 Å². The number of hydrogen-bond donors (Lipinski definition) is 2.